The van der Waals surface area contributed by atoms with E-state index in [0.29, 0.717) is 37.9 Å². The standard InChI is InChI=1S/C28H38F2N4O7/c1-17(35)34-11-5-8-24(34)27(38)41-16-23(26(37)40-2)32-25(36)22(14-19-12-20(29)15-21(30)13-19)33-28(39)31-10-9-18-6-3-4-7-18/h12-13,15,18,22-24H,3-11,14,16H2,1-2H3,(H,32,36)(H2,31,33,39)/t22-,23-,24?/m0/s1. The van der Waals surface area contributed by atoms with Crippen LogP contribution in [0.15, 0.2) is 18.2 Å². The number of hydrogen-bond acceptors (Lipinski definition) is 7. The molecule has 4 amide bonds. The number of likely N-dealkylation sites (tertiary alicyclic amines) is 1. The fraction of sp³-hybridized carbons (Fsp3) is 0.607. The average Bonchev–Trinajstić information content (AvgIpc) is 3.62. The minimum absolute atomic E-state index is 0.0977. The Morgan fingerprint density at radius 1 is 0.976 bits per heavy atom. The van der Waals surface area contributed by atoms with Gasteiger partial charge in [0.1, 0.15) is 30.3 Å². The van der Waals surface area contributed by atoms with E-state index in [-0.39, 0.29) is 17.9 Å². The molecule has 1 saturated carbocycles. The Hall–Kier alpha value is -3.77. The number of rotatable bonds is 12. The normalized spacial score (nSPS) is 18.3. The number of ether oxygens (including phenoxy) is 2. The summed E-state index contributed by atoms with van der Waals surface area (Å²) in [7, 11) is 1.08. The first-order chi connectivity index (χ1) is 19.6. The van der Waals surface area contributed by atoms with Crippen LogP contribution in [0.1, 0.15) is 57.4 Å². The van der Waals surface area contributed by atoms with Crippen LogP contribution in [0, 0.1) is 17.6 Å². The second-order valence-electron chi connectivity index (χ2n) is 10.5. The molecule has 3 N–H and O–H groups in total. The van der Waals surface area contributed by atoms with Gasteiger partial charge in [0.2, 0.25) is 11.8 Å². The van der Waals surface area contributed by atoms with Gasteiger partial charge in [-0.1, -0.05) is 25.7 Å². The number of benzene rings is 1. The maximum atomic E-state index is 13.8. The Morgan fingerprint density at radius 3 is 2.29 bits per heavy atom. The van der Waals surface area contributed by atoms with Gasteiger partial charge >= 0.3 is 18.0 Å². The lowest BCUT2D eigenvalue weighted by atomic mass is 10.0. The number of hydrogen-bond donors (Lipinski definition) is 3. The molecule has 1 heterocycles. The zero-order chi connectivity index (χ0) is 29.9. The monoisotopic (exact) mass is 580 g/mol. The van der Waals surface area contributed by atoms with E-state index < -0.39 is 60.2 Å². The largest absolute Gasteiger partial charge is 0.467 e. The predicted octanol–water partition coefficient (Wildman–Crippen LogP) is 1.97. The van der Waals surface area contributed by atoms with Crippen molar-refractivity contribution in [1.29, 1.82) is 0 Å². The number of nitrogens with zero attached hydrogens (tertiary/aromatic N) is 1. The summed E-state index contributed by atoms with van der Waals surface area (Å²) in [5.41, 5.74) is 0.0977. The van der Waals surface area contributed by atoms with Gasteiger partial charge in [-0.25, -0.2) is 23.2 Å². The van der Waals surface area contributed by atoms with Crippen LogP contribution in [0.5, 0.6) is 0 Å². The van der Waals surface area contributed by atoms with E-state index >= 15 is 0 Å². The highest BCUT2D eigenvalue weighted by Crippen LogP contribution is 2.26. The average molecular weight is 581 g/mol. The predicted molar refractivity (Wildman–Crippen MR) is 142 cm³/mol. The lowest BCUT2D eigenvalue weighted by molar-refractivity contribution is -0.157. The van der Waals surface area contributed by atoms with E-state index in [1.807, 2.05) is 0 Å². The third-order valence-electron chi connectivity index (χ3n) is 7.42. The SMILES string of the molecule is COC(=O)[C@H](COC(=O)C1CCCN1C(C)=O)NC(=O)[C@H](Cc1cc(F)cc(F)c1)NC(=O)NCCC1CCCC1. The smallest absolute Gasteiger partial charge is 0.331 e. The first-order valence-electron chi connectivity index (χ1n) is 13.9. The van der Waals surface area contributed by atoms with Crippen LogP contribution in [0.3, 0.4) is 0 Å². The fourth-order valence-corrected chi connectivity index (χ4v) is 5.31. The Bertz CT molecular complexity index is 1090. The zero-order valence-corrected chi connectivity index (χ0v) is 23.4. The number of amides is 4. The van der Waals surface area contributed by atoms with Gasteiger partial charge in [0.25, 0.3) is 0 Å². The molecule has 2 aliphatic rings. The summed E-state index contributed by atoms with van der Waals surface area (Å²) in [5, 5.41) is 7.61. The summed E-state index contributed by atoms with van der Waals surface area (Å²) >= 11 is 0. The highest BCUT2D eigenvalue weighted by molar-refractivity contribution is 5.91. The molecule has 1 aliphatic carbocycles. The first-order valence-corrected chi connectivity index (χ1v) is 13.9. The highest BCUT2D eigenvalue weighted by atomic mass is 19.1. The van der Waals surface area contributed by atoms with Crippen LogP contribution in [-0.4, -0.2) is 79.6 Å². The summed E-state index contributed by atoms with van der Waals surface area (Å²) < 4.78 is 37.6. The summed E-state index contributed by atoms with van der Waals surface area (Å²) in [6.07, 6.45) is 6.05. The van der Waals surface area contributed by atoms with Gasteiger partial charge < -0.3 is 30.3 Å². The van der Waals surface area contributed by atoms with Gasteiger partial charge in [-0.3, -0.25) is 9.59 Å². The van der Waals surface area contributed by atoms with E-state index in [0.717, 1.165) is 51.3 Å². The van der Waals surface area contributed by atoms with Crippen LogP contribution in [0.25, 0.3) is 0 Å². The van der Waals surface area contributed by atoms with Gasteiger partial charge in [0, 0.05) is 32.5 Å². The molecule has 1 aliphatic heterocycles. The molecule has 0 bridgehead atoms. The summed E-state index contributed by atoms with van der Waals surface area (Å²) in [5.74, 6) is -3.98. The fourth-order valence-electron chi connectivity index (χ4n) is 5.31. The van der Waals surface area contributed by atoms with E-state index in [9.17, 15) is 32.8 Å². The third-order valence-corrected chi connectivity index (χ3v) is 7.42. The molecule has 13 heteroatoms. The van der Waals surface area contributed by atoms with Gasteiger partial charge in [0.15, 0.2) is 6.04 Å². The molecule has 226 valence electrons. The van der Waals surface area contributed by atoms with E-state index in [1.165, 1.54) is 11.8 Å². The Morgan fingerprint density at radius 2 is 1.66 bits per heavy atom. The molecule has 1 saturated heterocycles. The Balaban J connectivity index is 1.66. The topological polar surface area (TPSA) is 143 Å². The molecular formula is C28H38F2N4O7. The Labute approximate surface area is 237 Å². The van der Waals surface area contributed by atoms with Crippen LogP contribution in [-0.2, 0) is 35.1 Å². The molecule has 3 atom stereocenters. The molecule has 1 unspecified atom stereocenters. The molecule has 2 fully saturated rings. The van der Waals surface area contributed by atoms with Crippen molar-refractivity contribution >= 4 is 29.8 Å². The molecule has 0 spiro atoms. The highest BCUT2D eigenvalue weighted by Gasteiger charge is 2.35. The van der Waals surface area contributed by atoms with Crippen molar-refractivity contribution < 1.29 is 42.2 Å². The van der Waals surface area contributed by atoms with E-state index in [4.69, 9.17) is 9.47 Å². The van der Waals surface area contributed by atoms with Crippen molar-refractivity contribution in [2.24, 2.45) is 5.92 Å². The lowest BCUT2D eigenvalue weighted by Crippen LogP contribution is -2.55. The molecule has 1 aromatic rings. The Kier molecular flexibility index (Phi) is 11.8. The van der Waals surface area contributed by atoms with Gasteiger partial charge in [0.05, 0.1) is 7.11 Å². The maximum absolute atomic E-state index is 13.8. The van der Waals surface area contributed by atoms with Crippen molar-refractivity contribution in [3.05, 3.63) is 35.4 Å². The molecule has 1 aromatic carbocycles. The van der Waals surface area contributed by atoms with Crippen LogP contribution >= 0.6 is 0 Å². The molecule has 41 heavy (non-hydrogen) atoms. The molecule has 11 nitrogen and oxygen atoms in total. The van der Waals surface area contributed by atoms with Crippen molar-refractivity contribution in [3.63, 3.8) is 0 Å². The second kappa shape index (κ2) is 15.3. The van der Waals surface area contributed by atoms with Crippen LogP contribution in [0.4, 0.5) is 13.6 Å². The summed E-state index contributed by atoms with van der Waals surface area (Å²) in [6.45, 7) is 1.54. The molecular weight excluding hydrogens is 542 g/mol. The first kappa shape index (κ1) is 31.8. The third kappa shape index (κ3) is 9.68. The van der Waals surface area contributed by atoms with Gasteiger partial charge in [-0.15, -0.1) is 0 Å². The number of esters is 2. The number of carbonyl (C=O) groups is 5. The van der Waals surface area contributed by atoms with Crippen molar-refractivity contribution in [2.45, 2.75) is 76.4 Å². The lowest BCUT2D eigenvalue weighted by Gasteiger charge is -2.24. The minimum Gasteiger partial charge on any atom is -0.467 e. The molecule has 0 radical (unpaired) electrons. The molecule has 0 aromatic heterocycles. The minimum atomic E-state index is -1.44. The van der Waals surface area contributed by atoms with E-state index in [2.05, 4.69) is 16.0 Å². The van der Waals surface area contributed by atoms with Crippen molar-refractivity contribution in [1.82, 2.24) is 20.9 Å². The van der Waals surface area contributed by atoms with E-state index in [1.54, 1.807) is 0 Å². The van der Waals surface area contributed by atoms with Crippen molar-refractivity contribution in [2.75, 3.05) is 26.8 Å². The van der Waals surface area contributed by atoms with Gasteiger partial charge in [-0.05, 0) is 42.9 Å². The number of halogens is 2. The summed E-state index contributed by atoms with van der Waals surface area (Å²) in [6, 6.07) is -1.49. The second-order valence-corrected chi connectivity index (χ2v) is 10.5. The number of nitrogens with one attached hydrogen (secondary N) is 3. The molecule has 3 rings (SSSR count). The van der Waals surface area contributed by atoms with Crippen LogP contribution in [0.2, 0.25) is 0 Å². The maximum Gasteiger partial charge on any atom is 0.331 e. The quantitative estimate of drug-likeness (QED) is 0.321. The number of carbonyl (C=O) groups excluding carboxylic acids is 5. The zero-order valence-electron chi connectivity index (χ0n) is 23.4. The number of methoxy groups -OCH3 is 1. The van der Waals surface area contributed by atoms with Crippen molar-refractivity contribution in [3.8, 4) is 0 Å². The van der Waals surface area contributed by atoms with Crippen LogP contribution < -0.4 is 16.0 Å². The summed E-state index contributed by atoms with van der Waals surface area (Å²) in [4.78, 5) is 64.1. The number of urea groups is 1. The van der Waals surface area contributed by atoms with Gasteiger partial charge in [-0.2, -0.15) is 0 Å².